The van der Waals surface area contributed by atoms with Crippen molar-refractivity contribution < 1.29 is 18.3 Å². The van der Waals surface area contributed by atoms with Gasteiger partial charge in [0.05, 0.1) is 6.33 Å². The van der Waals surface area contributed by atoms with E-state index in [0.717, 1.165) is 11.0 Å². The molecule has 2 heterocycles. The Balaban J connectivity index is 0.00000155. The van der Waals surface area contributed by atoms with Crippen molar-refractivity contribution in [3.05, 3.63) is 27.2 Å². The number of alkyl halides is 3. The number of aliphatic hydroxyl groups is 1. The summed E-state index contributed by atoms with van der Waals surface area (Å²) in [4.78, 5) is 29.9. The van der Waals surface area contributed by atoms with Crippen LogP contribution in [0.3, 0.4) is 0 Å². The maximum Gasteiger partial charge on any atom is 0.417 e. The molecule has 1 aliphatic carbocycles. The second kappa shape index (κ2) is 8.95. The molecular formula is C20H31F3N4O3. The summed E-state index contributed by atoms with van der Waals surface area (Å²) >= 11 is 0. The predicted octanol–water partition coefficient (Wildman–Crippen LogP) is 3.38. The Morgan fingerprint density at radius 2 is 1.83 bits per heavy atom. The zero-order valence-corrected chi connectivity index (χ0v) is 18.2. The van der Waals surface area contributed by atoms with Crippen LogP contribution in [0.15, 0.2) is 15.9 Å². The van der Waals surface area contributed by atoms with E-state index < -0.39 is 35.9 Å². The number of imidazole rings is 1. The number of fused-ring (bicyclic) bond motifs is 1. The molecule has 1 unspecified atom stereocenters. The van der Waals surface area contributed by atoms with Crippen molar-refractivity contribution >= 4 is 11.2 Å². The second-order valence-corrected chi connectivity index (χ2v) is 7.81. The Kier molecular flexibility index (Phi) is 7.21. The topological polar surface area (TPSA) is 82.1 Å². The second-order valence-electron chi connectivity index (χ2n) is 7.81. The van der Waals surface area contributed by atoms with Crippen LogP contribution in [0.5, 0.6) is 0 Å². The summed E-state index contributed by atoms with van der Waals surface area (Å²) in [5.74, 6) is -0.287. The van der Waals surface area contributed by atoms with Crippen LogP contribution in [0.4, 0.5) is 13.2 Å². The van der Waals surface area contributed by atoms with Crippen LogP contribution >= 0.6 is 0 Å². The van der Waals surface area contributed by atoms with Crippen LogP contribution in [-0.4, -0.2) is 35.6 Å². The molecule has 170 valence electrons. The lowest BCUT2D eigenvalue weighted by Crippen LogP contribution is -2.49. The zero-order chi connectivity index (χ0) is 22.9. The lowest BCUT2D eigenvalue weighted by Gasteiger charge is -2.37. The molecule has 1 fully saturated rings. The minimum Gasteiger partial charge on any atom is -0.380 e. The van der Waals surface area contributed by atoms with Crippen LogP contribution in [0.2, 0.25) is 0 Å². The van der Waals surface area contributed by atoms with E-state index in [2.05, 4.69) is 4.98 Å². The largest absolute Gasteiger partial charge is 0.417 e. The third-order valence-electron chi connectivity index (χ3n) is 6.02. The molecule has 2 aromatic rings. The van der Waals surface area contributed by atoms with Gasteiger partial charge in [-0.15, -0.1) is 0 Å². The molecule has 1 saturated carbocycles. The molecule has 30 heavy (non-hydrogen) atoms. The van der Waals surface area contributed by atoms with Gasteiger partial charge in [0.25, 0.3) is 5.56 Å². The van der Waals surface area contributed by atoms with Crippen molar-refractivity contribution in [3.8, 4) is 0 Å². The van der Waals surface area contributed by atoms with Crippen LogP contribution in [0.1, 0.15) is 65.8 Å². The highest BCUT2D eigenvalue weighted by Gasteiger charge is 2.54. The molecule has 0 amide bonds. The van der Waals surface area contributed by atoms with Crippen molar-refractivity contribution in [2.75, 3.05) is 0 Å². The monoisotopic (exact) mass is 432 g/mol. The van der Waals surface area contributed by atoms with E-state index in [9.17, 15) is 27.9 Å². The van der Waals surface area contributed by atoms with Gasteiger partial charge in [0.15, 0.2) is 16.8 Å². The molecule has 3 rings (SSSR count). The lowest BCUT2D eigenvalue weighted by molar-refractivity contribution is -0.272. The van der Waals surface area contributed by atoms with Gasteiger partial charge in [-0.1, -0.05) is 20.8 Å². The molecule has 0 saturated heterocycles. The van der Waals surface area contributed by atoms with Gasteiger partial charge in [0.1, 0.15) is 0 Å². The first-order valence-corrected chi connectivity index (χ1v) is 10.5. The maximum atomic E-state index is 13.0. The molecule has 1 atom stereocenters. The summed E-state index contributed by atoms with van der Waals surface area (Å²) in [5, 5.41) is 9.81. The van der Waals surface area contributed by atoms with Gasteiger partial charge in [-0.3, -0.25) is 13.9 Å². The molecule has 0 spiro atoms. The fourth-order valence-electron chi connectivity index (χ4n) is 3.86. The highest BCUT2D eigenvalue weighted by molar-refractivity contribution is 5.70. The molecule has 0 aliphatic heterocycles. The summed E-state index contributed by atoms with van der Waals surface area (Å²) < 4.78 is 43.1. The minimum absolute atomic E-state index is 0.0140. The summed E-state index contributed by atoms with van der Waals surface area (Å²) in [6.45, 7) is 7.94. The third-order valence-corrected chi connectivity index (χ3v) is 6.02. The van der Waals surface area contributed by atoms with Gasteiger partial charge >= 0.3 is 11.9 Å². The average molecular weight is 432 g/mol. The van der Waals surface area contributed by atoms with Crippen LogP contribution < -0.4 is 11.2 Å². The number of rotatable bonds is 4. The van der Waals surface area contributed by atoms with Crippen molar-refractivity contribution in [1.82, 2.24) is 18.7 Å². The van der Waals surface area contributed by atoms with E-state index in [1.807, 2.05) is 27.7 Å². The smallest absolute Gasteiger partial charge is 0.380 e. The van der Waals surface area contributed by atoms with Gasteiger partial charge in [0, 0.05) is 19.6 Å². The van der Waals surface area contributed by atoms with Crippen LogP contribution in [0.25, 0.3) is 11.2 Å². The maximum absolute atomic E-state index is 13.0. The average Bonchev–Trinajstić information content (AvgIpc) is 3.16. The van der Waals surface area contributed by atoms with Crippen molar-refractivity contribution in [2.24, 2.45) is 13.0 Å². The first-order chi connectivity index (χ1) is 14.0. The molecule has 2 aromatic heterocycles. The first-order valence-electron chi connectivity index (χ1n) is 10.5. The quantitative estimate of drug-likeness (QED) is 0.803. The summed E-state index contributed by atoms with van der Waals surface area (Å²) in [5.41, 5.74) is -3.09. The number of aromatic nitrogens is 4. The Bertz CT molecular complexity index is 982. The fourth-order valence-corrected chi connectivity index (χ4v) is 3.86. The highest BCUT2D eigenvalue weighted by Crippen LogP contribution is 2.43. The SMILES string of the molecule is CC.CCC(C)n1cnc2c1c(=O)n(CC1CCC(O)(C(F)(F)F)CC1)c(=O)n2C. The van der Waals surface area contributed by atoms with Crippen LogP contribution in [0, 0.1) is 5.92 Å². The molecule has 0 bridgehead atoms. The van der Waals surface area contributed by atoms with E-state index >= 15 is 0 Å². The third kappa shape index (κ3) is 4.19. The summed E-state index contributed by atoms with van der Waals surface area (Å²) in [6.07, 6.45) is -3.04. The van der Waals surface area contributed by atoms with Gasteiger partial charge in [-0.2, -0.15) is 13.2 Å². The van der Waals surface area contributed by atoms with Gasteiger partial charge in [-0.25, -0.2) is 9.78 Å². The summed E-state index contributed by atoms with van der Waals surface area (Å²) in [7, 11) is 1.53. The number of halogens is 3. The highest BCUT2D eigenvalue weighted by atomic mass is 19.4. The molecule has 10 heteroatoms. The Labute approximate surface area is 173 Å². The van der Waals surface area contributed by atoms with Crippen LogP contribution in [-0.2, 0) is 13.6 Å². The van der Waals surface area contributed by atoms with E-state index in [0.29, 0.717) is 11.2 Å². The molecule has 0 aromatic carbocycles. The van der Waals surface area contributed by atoms with E-state index in [1.54, 1.807) is 4.57 Å². The van der Waals surface area contributed by atoms with Gasteiger partial charge < -0.3 is 9.67 Å². The van der Waals surface area contributed by atoms with Crippen molar-refractivity contribution in [2.45, 2.75) is 84.2 Å². The zero-order valence-electron chi connectivity index (χ0n) is 18.2. The number of nitrogens with zero attached hydrogens (tertiary/aromatic N) is 4. The van der Waals surface area contributed by atoms with Gasteiger partial charge in [0.2, 0.25) is 0 Å². The van der Waals surface area contributed by atoms with E-state index in [1.165, 1.54) is 17.9 Å². The molecule has 0 radical (unpaired) electrons. The summed E-state index contributed by atoms with van der Waals surface area (Å²) in [6, 6.07) is 0.0140. The lowest BCUT2D eigenvalue weighted by atomic mass is 9.78. The standard InChI is InChI=1S/C18H25F3N4O3.C2H6/c1-4-11(2)25-10-22-14-13(25)15(26)24(16(27)23(14)3)9-12-5-7-17(28,8-6-12)18(19,20)21;1-2/h10-12,28H,4-9H2,1-3H3;1-2H3. The van der Waals surface area contributed by atoms with Crippen molar-refractivity contribution in [3.63, 3.8) is 0 Å². The van der Waals surface area contributed by atoms with Gasteiger partial charge in [-0.05, 0) is 44.9 Å². The predicted molar refractivity (Wildman–Crippen MR) is 109 cm³/mol. The molecular weight excluding hydrogens is 401 g/mol. The van der Waals surface area contributed by atoms with E-state index in [4.69, 9.17) is 0 Å². The number of hydrogen-bond acceptors (Lipinski definition) is 4. The Hall–Kier alpha value is -2.10. The van der Waals surface area contributed by atoms with E-state index in [-0.39, 0.29) is 31.3 Å². The minimum atomic E-state index is -4.67. The Morgan fingerprint density at radius 1 is 1.27 bits per heavy atom. The first kappa shape index (κ1) is 24.2. The number of aryl methyl sites for hydroxylation is 1. The fraction of sp³-hybridized carbons (Fsp3) is 0.750. The normalized spacial score (nSPS) is 23.2. The Morgan fingerprint density at radius 3 is 2.33 bits per heavy atom. The molecule has 7 nitrogen and oxygen atoms in total. The van der Waals surface area contributed by atoms with Crippen molar-refractivity contribution in [1.29, 1.82) is 0 Å². The molecule has 1 aliphatic rings. The molecule has 1 N–H and O–H groups in total. The number of hydrogen-bond donors (Lipinski definition) is 1.